The number of aromatic nitrogens is 1. The number of benzene rings is 1. The number of fused-ring (bicyclic) bond motifs is 1. The van der Waals surface area contributed by atoms with Crippen molar-refractivity contribution in [3.63, 3.8) is 0 Å². The Morgan fingerprint density at radius 1 is 1.30 bits per heavy atom. The molecule has 3 rings (SSSR count). The molecule has 27 heavy (non-hydrogen) atoms. The minimum Gasteiger partial charge on any atom is -0.444 e. The van der Waals surface area contributed by atoms with Crippen LogP contribution in [0.2, 0.25) is 0 Å². The molecule has 0 aliphatic heterocycles. The third-order valence-electron chi connectivity index (χ3n) is 4.90. The molecule has 6 heteroatoms. The van der Waals surface area contributed by atoms with Crippen molar-refractivity contribution in [1.82, 2.24) is 4.57 Å². The lowest BCUT2D eigenvalue weighted by Crippen LogP contribution is -2.33. The zero-order chi connectivity index (χ0) is 19.7. The first kappa shape index (κ1) is 18.5. The van der Waals surface area contributed by atoms with Crippen LogP contribution in [0.4, 0.5) is 5.88 Å². The monoisotopic (exact) mass is 363 g/mol. The molecule has 0 radical (unpaired) electrons. The molecular weight excluding hydrogens is 342 g/mol. The molecule has 0 bridgehead atoms. The molecule has 1 N–H and O–H groups in total. The number of nitriles is 1. The molecule has 1 amide bonds. The highest BCUT2D eigenvalue weighted by Gasteiger charge is 2.25. The van der Waals surface area contributed by atoms with Crippen molar-refractivity contribution < 1.29 is 9.21 Å². The van der Waals surface area contributed by atoms with Gasteiger partial charge in [-0.2, -0.15) is 5.26 Å². The number of carbonyl (C=O) groups excluding carboxylic acids is 1. The van der Waals surface area contributed by atoms with Crippen LogP contribution < -0.4 is 10.9 Å². The zero-order valence-electron chi connectivity index (χ0n) is 15.8. The number of carbonyl (C=O) groups is 1. The van der Waals surface area contributed by atoms with Crippen molar-refractivity contribution in [1.29, 1.82) is 5.26 Å². The summed E-state index contributed by atoms with van der Waals surface area (Å²) in [4.78, 5) is 25.7. The standard InChI is InChI=1S/C21H21N3O3/c1-5-17(20(26)23-21-16(11-22)13(3)14(4)27-21)24-18-9-7-6-8-15(18)12(2)10-19(24)25/h6-10,17H,5H2,1-4H3,(H,23,26). The molecule has 3 aromatic rings. The Morgan fingerprint density at radius 3 is 2.67 bits per heavy atom. The van der Waals surface area contributed by atoms with E-state index in [0.717, 1.165) is 10.9 Å². The van der Waals surface area contributed by atoms with Crippen molar-refractivity contribution in [3.8, 4) is 6.07 Å². The average Bonchev–Trinajstić information content (AvgIpc) is 2.91. The number of anilines is 1. The lowest BCUT2D eigenvalue weighted by Gasteiger charge is -2.20. The Hall–Kier alpha value is -3.33. The van der Waals surface area contributed by atoms with Crippen LogP contribution in [0.3, 0.4) is 0 Å². The van der Waals surface area contributed by atoms with E-state index in [0.29, 0.717) is 28.8 Å². The van der Waals surface area contributed by atoms with Crippen molar-refractivity contribution in [2.75, 3.05) is 5.32 Å². The molecule has 0 spiro atoms. The molecule has 0 aliphatic carbocycles. The first-order valence-corrected chi connectivity index (χ1v) is 8.80. The molecule has 2 heterocycles. The van der Waals surface area contributed by atoms with Gasteiger partial charge in [0.1, 0.15) is 23.4 Å². The largest absolute Gasteiger partial charge is 0.444 e. The lowest BCUT2D eigenvalue weighted by atomic mass is 10.1. The number of hydrogen-bond donors (Lipinski definition) is 1. The first-order chi connectivity index (χ1) is 12.9. The van der Waals surface area contributed by atoms with Crippen LogP contribution in [0.15, 0.2) is 39.5 Å². The second kappa shape index (κ2) is 7.12. The lowest BCUT2D eigenvalue weighted by molar-refractivity contribution is -0.119. The predicted octanol–water partition coefficient (Wildman–Crippen LogP) is 3.98. The third-order valence-corrected chi connectivity index (χ3v) is 4.90. The minimum absolute atomic E-state index is 0.125. The Balaban J connectivity index is 2.08. The summed E-state index contributed by atoms with van der Waals surface area (Å²) in [6.07, 6.45) is 0.416. The van der Waals surface area contributed by atoms with Crippen LogP contribution in [0.5, 0.6) is 0 Å². The summed E-state index contributed by atoms with van der Waals surface area (Å²) in [5, 5.41) is 13.0. The van der Waals surface area contributed by atoms with Gasteiger partial charge in [-0.05, 0) is 38.8 Å². The van der Waals surface area contributed by atoms with Crippen molar-refractivity contribution in [2.24, 2.45) is 0 Å². The van der Waals surface area contributed by atoms with Crippen LogP contribution in [0.1, 0.15) is 41.8 Å². The van der Waals surface area contributed by atoms with Crippen LogP contribution >= 0.6 is 0 Å². The number of amides is 1. The summed E-state index contributed by atoms with van der Waals surface area (Å²) in [5.74, 6) is 0.312. The molecule has 0 saturated heterocycles. The number of nitrogens with zero attached hydrogens (tertiary/aromatic N) is 2. The maximum Gasteiger partial charge on any atom is 0.252 e. The SMILES string of the molecule is CCC(C(=O)Nc1oc(C)c(C)c1C#N)n1c(=O)cc(C)c2ccccc21. The van der Waals surface area contributed by atoms with Gasteiger partial charge in [-0.15, -0.1) is 0 Å². The number of furan rings is 1. The Labute approximate surface area is 157 Å². The third kappa shape index (κ3) is 3.13. The van der Waals surface area contributed by atoms with Gasteiger partial charge < -0.3 is 4.42 Å². The summed E-state index contributed by atoms with van der Waals surface area (Å²) in [6, 6.07) is 10.4. The molecule has 1 atom stereocenters. The van der Waals surface area contributed by atoms with Gasteiger partial charge in [-0.1, -0.05) is 25.1 Å². The van der Waals surface area contributed by atoms with Gasteiger partial charge in [0.05, 0.1) is 5.52 Å². The highest BCUT2D eigenvalue weighted by atomic mass is 16.4. The van der Waals surface area contributed by atoms with Crippen molar-refractivity contribution >= 4 is 22.7 Å². The normalized spacial score (nSPS) is 12.0. The molecule has 1 aromatic carbocycles. The van der Waals surface area contributed by atoms with E-state index in [9.17, 15) is 14.9 Å². The number of hydrogen-bond acceptors (Lipinski definition) is 4. The van der Waals surface area contributed by atoms with Crippen LogP contribution in [-0.4, -0.2) is 10.5 Å². The molecule has 138 valence electrons. The number of nitrogens with one attached hydrogen (secondary N) is 1. The second-order valence-electron chi connectivity index (χ2n) is 6.57. The van der Waals surface area contributed by atoms with E-state index in [2.05, 4.69) is 11.4 Å². The first-order valence-electron chi connectivity index (χ1n) is 8.80. The molecule has 0 fully saturated rings. The Kier molecular flexibility index (Phi) is 4.87. The maximum atomic E-state index is 13.0. The summed E-state index contributed by atoms with van der Waals surface area (Å²) in [7, 11) is 0. The molecule has 2 aromatic heterocycles. The molecule has 0 saturated carbocycles. The van der Waals surface area contributed by atoms with E-state index in [1.54, 1.807) is 19.9 Å². The molecule has 6 nitrogen and oxygen atoms in total. The summed E-state index contributed by atoms with van der Waals surface area (Å²) in [6.45, 7) is 7.22. The predicted molar refractivity (Wildman–Crippen MR) is 104 cm³/mol. The van der Waals surface area contributed by atoms with Crippen LogP contribution in [0, 0.1) is 32.1 Å². The smallest absolute Gasteiger partial charge is 0.252 e. The van der Waals surface area contributed by atoms with E-state index in [4.69, 9.17) is 4.42 Å². The van der Waals surface area contributed by atoms with Gasteiger partial charge in [-0.3, -0.25) is 19.5 Å². The quantitative estimate of drug-likeness (QED) is 0.759. The van der Waals surface area contributed by atoms with E-state index in [1.165, 1.54) is 4.57 Å². The summed E-state index contributed by atoms with van der Waals surface area (Å²) < 4.78 is 7.04. The molecule has 0 aliphatic rings. The summed E-state index contributed by atoms with van der Waals surface area (Å²) in [5.41, 5.74) is 2.33. The average molecular weight is 363 g/mol. The molecular formula is C21H21N3O3. The van der Waals surface area contributed by atoms with Gasteiger partial charge in [0.15, 0.2) is 0 Å². The van der Waals surface area contributed by atoms with Gasteiger partial charge in [0.2, 0.25) is 11.8 Å². The van der Waals surface area contributed by atoms with Gasteiger partial charge >= 0.3 is 0 Å². The second-order valence-corrected chi connectivity index (χ2v) is 6.57. The van der Waals surface area contributed by atoms with Crippen LogP contribution in [0.25, 0.3) is 10.9 Å². The van der Waals surface area contributed by atoms with Crippen molar-refractivity contribution in [3.05, 3.63) is 63.1 Å². The highest BCUT2D eigenvalue weighted by molar-refractivity contribution is 5.95. The van der Waals surface area contributed by atoms with E-state index < -0.39 is 6.04 Å². The van der Waals surface area contributed by atoms with E-state index in [1.807, 2.05) is 38.1 Å². The number of pyridine rings is 1. The van der Waals surface area contributed by atoms with E-state index >= 15 is 0 Å². The zero-order valence-corrected chi connectivity index (χ0v) is 15.8. The fraction of sp³-hybridized carbons (Fsp3) is 0.286. The maximum absolute atomic E-state index is 13.0. The fourth-order valence-corrected chi connectivity index (χ4v) is 3.32. The number of aryl methyl sites for hydroxylation is 2. The van der Waals surface area contributed by atoms with Crippen LogP contribution in [-0.2, 0) is 4.79 Å². The van der Waals surface area contributed by atoms with Gasteiger partial charge in [0, 0.05) is 17.0 Å². The summed E-state index contributed by atoms with van der Waals surface area (Å²) >= 11 is 0. The van der Waals surface area contributed by atoms with E-state index in [-0.39, 0.29) is 17.4 Å². The topological polar surface area (TPSA) is 88.0 Å². The minimum atomic E-state index is -0.722. The number of para-hydroxylation sites is 1. The van der Waals surface area contributed by atoms with Gasteiger partial charge in [-0.25, -0.2) is 0 Å². The van der Waals surface area contributed by atoms with Crippen molar-refractivity contribution in [2.45, 2.75) is 40.2 Å². The highest BCUT2D eigenvalue weighted by Crippen LogP contribution is 2.27. The fourth-order valence-electron chi connectivity index (χ4n) is 3.32. The Morgan fingerprint density at radius 2 is 2.00 bits per heavy atom. The number of rotatable bonds is 4. The molecule has 1 unspecified atom stereocenters. The van der Waals surface area contributed by atoms with Gasteiger partial charge in [0.25, 0.3) is 5.56 Å². The Bertz CT molecular complexity index is 1130.